The van der Waals surface area contributed by atoms with Crippen molar-refractivity contribution in [3.8, 4) is 0 Å². The van der Waals surface area contributed by atoms with Crippen molar-refractivity contribution in [1.82, 2.24) is 15.5 Å². The second-order valence-corrected chi connectivity index (χ2v) is 6.45. The van der Waals surface area contributed by atoms with Crippen molar-refractivity contribution in [3.05, 3.63) is 38.8 Å². The third-order valence-corrected chi connectivity index (χ3v) is 4.67. The number of aryl methyl sites for hydroxylation is 1. The van der Waals surface area contributed by atoms with Gasteiger partial charge in [0, 0.05) is 17.1 Å². The van der Waals surface area contributed by atoms with Gasteiger partial charge in [0.15, 0.2) is 0 Å². The van der Waals surface area contributed by atoms with Crippen molar-refractivity contribution < 1.29 is 4.79 Å². The summed E-state index contributed by atoms with van der Waals surface area (Å²) >= 11 is 7.50. The fourth-order valence-corrected chi connectivity index (χ4v) is 3.20. The maximum Gasteiger partial charge on any atom is 0.243 e. The van der Waals surface area contributed by atoms with Gasteiger partial charge < -0.3 is 10.6 Å². The van der Waals surface area contributed by atoms with E-state index in [1.54, 1.807) is 0 Å². The first-order chi connectivity index (χ1) is 10.2. The molecule has 1 unspecified atom stereocenters. The van der Waals surface area contributed by atoms with Crippen LogP contribution >= 0.6 is 22.9 Å². The third-order valence-electron chi connectivity index (χ3n) is 3.36. The van der Waals surface area contributed by atoms with Crippen LogP contribution in [0.1, 0.15) is 22.5 Å². The minimum atomic E-state index is -0.253. The van der Waals surface area contributed by atoms with E-state index < -0.39 is 0 Å². The zero-order valence-electron chi connectivity index (χ0n) is 11.5. The first-order valence-electron chi connectivity index (χ1n) is 6.79. The van der Waals surface area contributed by atoms with Crippen LogP contribution in [0.4, 0.5) is 5.69 Å². The van der Waals surface area contributed by atoms with Gasteiger partial charge >= 0.3 is 0 Å². The minimum absolute atomic E-state index is 0.0319. The number of amides is 1. The highest BCUT2D eigenvalue weighted by Gasteiger charge is 2.26. The van der Waals surface area contributed by atoms with Crippen molar-refractivity contribution in [1.29, 1.82) is 0 Å². The number of fused-ring (bicyclic) bond motifs is 1. The average Bonchev–Trinajstić information content (AvgIpc) is 3.10. The van der Waals surface area contributed by atoms with Crippen LogP contribution in [-0.2, 0) is 24.2 Å². The summed E-state index contributed by atoms with van der Waals surface area (Å²) in [6.07, 6.45) is 1.52. The summed E-state index contributed by atoms with van der Waals surface area (Å²) in [6.45, 7) is 2.46. The molecule has 0 radical (unpaired) electrons. The summed E-state index contributed by atoms with van der Waals surface area (Å²) in [5.41, 5.74) is 2.05. The Balaban J connectivity index is 1.57. The molecule has 7 heteroatoms. The van der Waals surface area contributed by atoms with Crippen LogP contribution in [0.5, 0.6) is 0 Å². The number of hydrogen-bond acceptors (Lipinski definition) is 5. The maximum absolute atomic E-state index is 12.2. The maximum atomic E-state index is 12.2. The van der Waals surface area contributed by atoms with E-state index in [-0.39, 0.29) is 11.9 Å². The zero-order chi connectivity index (χ0) is 14.8. The average molecular weight is 323 g/mol. The van der Waals surface area contributed by atoms with Crippen LogP contribution in [-0.4, -0.2) is 22.1 Å². The molecule has 21 heavy (non-hydrogen) atoms. The van der Waals surface area contributed by atoms with Gasteiger partial charge in [-0.3, -0.25) is 4.79 Å². The lowest BCUT2D eigenvalue weighted by atomic mass is 10.1. The predicted molar refractivity (Wildman–Crippen MR) is 83.7 cm³/mol. The van der Waals surface area contributed by atoms with E-state index >= 15 is 0 Å². The Morgan fingerprint density at radius 3 is 3.05 bits per heavy atom. The van der Waals surface area contributed by atoms with E-state index in [0.717, 1.165) is 27.7 Å². The Labute approximate surface area is 131 Å². The van der Waals surface area contributed by atoms with Gasteiger partial charge in [-0.25, -0.2) is 0 Å². The van der Waals surface area contributed by atoms with E-state index in [0.29, 0.717) is 18.0 Å². The van der Waals surface area contributed by atoms with Crippen LogP contribution in [0.3, 0.4) is 0 Å². The molecule has 0 spiro atoms. The fraction of sp³-hybridized carbons (Fsp3) is 0.357. The molecule has 0 saturated carbocycles. The van der Waals surface area contributed by atoms with Crippen molar-refractivity contribution in [2.24, 2.45) is 0 Å². The number of carbonyl (C=O) groups excluding carboxylic acids is 1. The van der Waals surface area contributed by atoms with Gasteiger partial charge in [-0.15, -0.1) is 10.2 Å². The first-order valence-corrected chi connectivity index (χ1v) is 7.99. The van der Waals surface area contributed by atoms with Crippen molar-refractivity contribution in [2.45, 2.75) is 32.4 Å². The number of aromatic nitrogens is 2. The van der Waals surface area contributed by atoms with Crippen molar-refractivity contribution in [2.75, 3.05) is 5.32 Å². The van der Waals surface area contributed by atoms with E-state index in [2.05, 4.69) is 20.8 Å². The molecule has 1 aliphatic heterocycles. The van der Waals surface area contributed by atoms with E-state index in [1.165, 1.54) is 11.3 Å². The Bertz CT molecular complexity index is 673. The summed E-state index contributed by atoms with van der Waals surface area (Å²) in [6, 6.07) is 5.37. The van der Waals surface area contributed by atoms with E-state index in [1.807, 2.05) is 25.1 Å². The van der Waals surface area contributed by atoms with E-state index in [9.17, 15) is 4.79 Å². The monoisotopic (exact) mass is 322 g/mol. The molecule has 0 fully saturated rings. The summed E-state index contributed by atoms with van der Waals surface area (Å²) < 4.78 is 0. The molecule has 2 N–H and O–H groups in total. The third kappa shape index (κ3) is 3.16. The SMILES string of the molecule is CCc1nnc(CNC(=O)C2Cc3cc(Cl)ccc3N2)s1. The molecule has 1 aromatic heterocycles. The van der Waals surface area contributed by atoms with Gasteiger partial charge in [0.2, 0.25) is 5.91 Å². The number of rotatable bonds is 4. The van der Waals surface area contributed by atoms with Crippen LogP contribution in [0.25, 0.3) is 0 Å². The lowest BCUT2D eigenvalue weighted by Gasteiger charge is -2.10. The molecule has 1 aromatic carbocycles. The molecule has 5 nitrogen and oxygen atoms in total. The second kappa shape index (κ2) is 5.99. The highest BCUT2D eigenvalue weighted by molar-refractivity contribution is 7.11. The number of carbonyl (C=O) groups is 1. The molecule has 3 rings (SSSR count). The molecule has 0 saturated heterocycles. The highest BCUT2D eigenvalue weighted by Crippen LogP contribution is 2.28. The van der Waals surface area contributed by atoms with Crippen molar-refractivity contribution >= 4 is 34.5 Å². The highest BCUT2D eigenvalue weighted by atomic mass is 35.5. The minimum Gasteiger partial charge on any atom is -0.373 e. The van der Waals surface area contributed by atoms with Crippen LogP contribution in [0.2, 0.25) is 5.02 Å². The van der Waals surface area contributed by atoms with Gasteiger partial charge in [0.25, 0.3) is 0 Å². The Hall–Kier alpha value is -1.66. The van der Waals surface area contributed by atoms with Gasteiger partial charge in [0.05, 0.1) is 6.54 Å². The molecule has 2 aromatic rings. The summed E-state index contributed by atoms with van der Waals surface area (Å²) in [4.78, 5) is 12.2. The number of anilines is 1. The number of benzene rings is 1. The van der Waals surface area contributed by atoms with Gasteiger partial charge in [-0.05, 0) is 30.2 Å². The molecule has 0 bridgehead atoms. The number of hydrogen-bond donors (Lipinski definition) is 2. The van der Waals surface area contributed by atoms with Crippen LogP contribution < -0.4 is 10.6 Å². The topological polar surface area (TPSA) is 66.9 Å². The first kappa shape index (κ1) is 14.3. The molecule has 110 valence electrons. The predicted octanol–water partition coefficient (Wildman–Crippen LogP) is 2.41. The van der Waals surface area contributed by atoms with Crippen LogP contribution in [0.15, 0.2) is 18.2 Å². The van der Waals surface area contributed by atoms with Gasteiger partial charge in [-0.1, -0.05) is 29.9 Å². The normalized spacial score (nSPS) is 16.4. The molecule has 1 amide bonds. The molecular weight excluding hydrogens is 308 g/mol. The molecule has 1 aliphatic rings. The summed E-state index contributed by atoms with van der Waals surface area (Å²) in [5.74, 6) is -0.0319. The Morgan fingerprint density at radius 2 is 2.29 bits per heavy atom. The number of nitrogens with zero attached hydrogens (tertiary/aromatic N) is 2. The number of halogens is 1. The van der Waals surface area contributed by atoms with Crippen molar-refractivity contribution in [3.63, 3.8) is 0 Å². The Morgan fingerprint density at radius 1 is 1.48 bits per heavy atom. The quantitative estimate of drug-likeness (QED) is 0.907. The van der Waals surface area contributed by atoms with Gasteiger partial charge in [0.1, 0.15) is 16.1 Å². The molecule has 2 heterocycles. The molecular formula is C14H15ClN4OS. The zero-order valence-corrected chi connectivity index (χ0v) is 13.1. The smallest absolute Gasteiger partial charge is 0.243 e. The van der Waals surface area contributed by atoms with Crippen LogP contribution in [0, 0.1) is 0 Å². The number of nitrogens with one attached hydrogen (secondary N) is 2. The molecule has 0 aliphatic carbocycles. The van der Waals surface area contributed by atoms with E-state index in [4.69, 9.17) is 11.6 Å². The molecule has 1 atom stereocenters. The van der Waals surface area contributed by atoms with Gasteiger partial charge in [-0.2, -0.15) is 0 Å². The standard InChI is InChI=1S/C14H15ClN4OS/c1-2-12-18-19-13(21-12)7-16-14(20)11-6-8-5-9(15)3-4-10(8)17-11/h3-5,11,17H,2,6-7H2,1H3,(H,16,20). The summed E-state index contributed by atoms with van der Waals surface area (Å²) in [7, 11) is 0. The summed E-state index contributed by atoms with van der Waals surface area (Å²) in [5, 5.41) is 16.7. The lowest BCUT2D eigenvalue weighted by Crippen LogP contribution is -2.38. The lowest BCUT2D eigenvalue weighted by molar-refractivity contribution is -0.121. The Kier molecular flexibility index (Phi) is 4.07. The fourth-order valence-electron chi connectivity index (χ4n) is 2.28. The largest absolute Gasteiger partial charge is 0.373 e. The second-order valence-electron chi connectivity index (χ2n) is 4.86.